The molecule has 4 rings (SSSR count). The number of amides is 2. The van der Waals surface area contributed by atoms with Crippen LogP contribution in [0.15, 0.2) is 66.0 Å². The minimum absolute atomic E-state index is 0.117. The summed E-state index contributed by atoms with van der Waals surface area (Å²) in [6, 6.07) is 17.5. The maximum atomic E-state index is 13.7. The van der Waals surface area contributed by atoms with Crippen molar-refractivity contribution in [3.05, 3.63) is 81.5 Å². The fourth-order valence-electron chi connectivity index (χ4n) is 4.29. The van der Waals surface area contributed by atoms with Crippen molar-refractivity contribution in [1.29, 1.82) is 0 Å². The number of carbonyl (C=O) groups excluding carboxylic acids is 2. The second-order valence-electron chi connectivity index (χ2n) is 8.14. The van der Waals surface area contributed by atoms with Crippen LogP contribution in [0.5, 0.6) is 5.75 Å². The van der Waals surface area contributed by atoms with Gasteiger partial charge in [0.2, 0.25) is 11.8 Å². The Morgan fingerprint density at radius 1 is 1.12 bits per heavy atom. The molecule has 1 aliphatic rings. The van der Waals surface area contributed by atoms with Gasteiger partial charge in [0.1, 0.15) is 11.8 Å². The predicted octanol–water partition coefficient (Wildman–Crippen LogP) is 5.79. The van der Waals surface area contributed by atoms with Crippen LogP contribution in [0.2, 0.25) is 5.02 Å². The molecule has 1 atom stereocenters. The van der Waals surface area contributed by atoms with Gasteiger partial charge in [-0.1, -0.05) is 54.8 Å². The van der Waals surface area contributed by atoms with Crippen LogP contribution < -0.4 is 15.0 Å². The number of benzene rings is 2. The van der Waals surface area contributed by atoms with Crippen LogP contribution in [-0.2, 0) is 16.0 Å². The topological polar surface area (TPSA) is 58.6 Å². The molecule has 1 heterocycles. The lowest BCUT2D eigenvalue weighted by Crippen LogP contribution is -2.47. The summed E-state index contributed by atoms with van der Waals surface area (Å²) in [4.78, 5) is 30.0. The molecule has 2 amide bonds. The van der Waals surface area contributed by atoms with Crippen LogP contribution >= 0.6 is 22.9 Å². The summed E-state index contributed by atoms with van der Waals surface area (Å²) in [6.07, 6.45) is 4.28. The summed E-state index contributed by atoms with van der Waals surface area (Å²) in [5, 5.41) is 5.54. The monoisotopic (exact) mass is 482 g/mol. The number of nitrogens with zero attached hydrogens (tertiary/aromatic N) is 1. The molecule has 0 aliphatic heterocycles. The zero-order chi connectivity index (χ0) is 23.2. The molecule has 1 aliphatic carbocycles. The summed E-state index contributed by atoms with van der Waals surface area (Å²) in [5.74, 6) is 0.213. The zero-order valence-corrected chi connectivity index (χ0v) is 20.1. The minimum atomic E-state index is -0.881. The van der Waals surface area contributed by atoms with Crippen molar-refractivity contribution in [2.24, 2.45) is 0 Å². The van der Waals surface area contributed by atoms with Gasteiger partial charge in [0.25, 0.3) is 0 Å². The number of methoxy groups -OCH3 is 1. The molecule has 33 heavy (non-hydrogen) atoms. The Kier molecular flexibility index (Phi) is 7.68. The highest BCUT2D eigenvalue weighted by Gasteiger charge is 2.35. The SMILES string of the molecule is COc1cccc([C@@H](C(=O)NC2CCCC2)N(C(=O)Cc2cccs2)c2ccccc2Cl)c1. The molecule has 0 bridgehead atoms. The van der Waals surface area contributed by atoms with Gasteiger partial charge in [-0.2, -0.15) is 0 Å². The summed E-state index contributed by atoms with van der Waals surface area (Å²) >= 11 is 8.08. The summed E-state index contributed by atoms with van der Waals surface area (Å²) in [7, 11) is 1.58. The van der Waals surface area contributed by atoms with Crippen LogP contribution in [0.3, 0.4) is 0 Å². The van der Waals surface area contributed by atoms with Crippen molar-refractivity contribution in [3.8, 4) is 5.75 Å². The molecule has 0 radical (unpaired) electrons. The standard InChI is InChI=1S/C26H27ClN2O3S/c1-32-20-11-6-8-18(16-20)25(26(31)28-19-9-2-3-10-19)29(23-14-5-4-13-22(23)27)24(30)17-21-12-7-15-33-21/h4-8,11-16,19,25H,2-3,9-10,17H2,1H3,(H,28,31)/t25-/m0/s1. The van der Waals surface area contributed by atoms with Gasteiger partial charge < -0.3 is 10.1 Å². The quantitative estimate of drug-likeness (QED) is 0.442. The van der Waals surface area contributed by atoms with Crippen LogP contribution in [-0.4, -0.2) is 25.0 Å². The fraction of sp³-hybridized carbons (Fsp3) is 0.308. The first kappa shape index (κ1) is 23.3. The summed E-state index contributed by atoms with van der Waals surface area (Å²) in [5.41, 5.74) is 1.18. The van der Waals surface area contributed by atoms with Crippen molar-refractivity contribution in [1.82, 2.24) is 5.32 Å². The van der Waals surface area contributed by atoms with Crippen molar-refractivity contribution in [2.75, 3.05) is 12.0 Å². The van der Waals surface area contributed by atoms with Gasteiger partial charge in [-0.3, -0.25) is 14.5 Å². The molecule has 2 aromatic carbocycles. The number of hydrogen-bond acceptors (Lipinski definition) is 4. The van der Waals surface area contributed by atoms with E-state index in [1.54, 1.807) is 30.2 Å². The number of hydrogen-bond donors (Lipinski definition) is 1. The van der Waals surface area contributed by atoms with Crippen molar-refractivity contribution < 1.29 is 14.3 Å². The van der Waals surface area contributed by atoms with Gasteiger partial charge in [-0.25, -0.2) is 0 Å². The molecule has 1 saturated carbocycles. The number of carbonyl (C=O) groups is 2. The Morgan fingerprint density at radius 2 is 1.91 bits per heavy atom. The van der Waals surface area contributed by atoms with Gasteiger partial charge in [0.15, 0.2) is 0 Å². The fourth-order valence-corrected chi connectivity index (χ4v) is 5.21. The van der Waals surface area contributed by atoms with Crippen molar-refractivity contribution in [3.63, 3.8) is 0 Å². The molecular weight excluding hydrogens is 456 g/mol. The average molecular weight is 483 g/mol. The number of para-hydroxylation sites is 1. The Hall–Kier alpha value is -2.83. The second-order valence-corrected chi connectivity index (χ2v) is 9.58. The Balaban J connectivity index is 1.79. The van der Waals surface area contributed by atoms with E-state index in [1.165, 1.54) is 11.3 Å². The van der Waals surface area contributed by atoms with E-state index in [1.807, 2.05) is 47.8 Å². The lowest BCUT2D eigenvalue weighted by molar-refractivity contribution is -0.127. The highest BCUT2D eigenvalue weighted by atomic mass is 35.5. The van der Waals surface area contributed by atoms with Gasteiger partial charge in [-0.05, 0) is 54.1 Å². The molecule has 1 aromatic heterocycles. The van der Waals surface area contributed by atoms with E-state index in [4.69, 9.17) is 16.3 Å². The number of thiophene rings is 1. The highest BCUT2D eigenvalue weighted by molar-refractivity contribution is 7.10. The third-order valence-electron chi connectivity index (χ3n) is 5.90. The molecule has 0 unspecified atom stereocenters. The number of halogens is 1. The van der Waals surface area contributed by atoms with Gasteiger partial charge in [-0.15, -0.1) is 11.3 Å². The van der Waals surface area contributed by atoms with Crippen LogP contribution in [0.4, 0.5) is 5.69 Å². The van der Waals surface area contributed by atoms with E-state index in [9.17, 15) is 9.59 Å². The molecule has 1 fully saturated rings. The van der Waals surface area contributed by atoms with Crippen LogP contribution in [0.25, 0.3) is 0 Å². The van der Waals surface area contributed by atoms with Gasteiger partial charge in [0, 0.05) is 10.9 Å². The molecule has 3 aromatic rings. The third-order valence-corrected chi connectivity index (χ3v) is 7.10. The molecule has 7 heteroatoms. The molecule has 172 valence electrons. The molecule has 1 N–H and O–H groups in total. The Labute approximate surface area is 203 Å². The van der Waals surface area contributed by atoms with Crippen molar-refractivity contribution in [2.45, 2.75) is 44.2 Å². The first-order chi connectivity index (χ1) is 16.1. The third kappa shape index (κ3) is 5.57. The minimum Gasteiger partial charge on any atom is -0.497 e. The summed E-state index contributed by atoms with van der Waals surface area (Å²) in [6.45, 7) is 0. The van der Waals surface area contributed by atoms with E-state index in [-0.39, 0.29) is 24.3 Å². The number of anilines is 1. The molecule has 0 saturated heterocycles. The van der Waals surface area contributed by atoms with Crippen LogP contribution in [0.1, 0.15) is 42.2 Å². The lowest BCUT2D eigenvalue weighted by atomic mass is 10.0. The Morgan fingerprint density at radius 3 is 2.61 bits per heavy atom. The van der Waals surface area contributed by atoms with E-state index < -0.39 is 6.04 Å². The molecule has 5 nitrogen and oxygen atoms in total. The Bertz CT molecular complexity index is 1100. The first-order valence-electron chi connectivity index (χ1n) is 11.1. The largest absolute Gasteiger partial charge is 0.497 e. The van der Waals surface area contributed by atoms with Crippen LogP contribution in [0, 0.1) is 0 Å². The number of nitrogens with one attached hydrogen (secondary N) is 1. The van der Waals surface area contributed by atoms with Gasteiger partial charge >= 0.3 is 0 Å². The predicted molar refractivity (Wildman–Crippen MR) is 133 cm³/mol. The number of ether oxygens (including phenoxy) is 1. The number of rotatable bonds is 8. The second kappa shape index (κ2) is 10.9. The van der Waals surface area contributed by atoms with E-state index in [2.05, 4.69) is 5.32 Å². The normalized spacial score (nSPS) is 14.6. The summed E-state index contributed by atoms with van der Waals surface area (Å²) < 4.78 is 5.41. The van der Waals surface area contributed by atoms with Gasteiger partial charge in [0.05, 0.1) is 24.2 Å². The van der Waals surface area contributed by atoms with Crippen molar-refractivity contribution >= 4 is 40.4 Å². The van der Waals surface area contributed by atoms with E-state index in [0.717, 1.165) is 30.6 Å². The molecular formula is C26H27ClN2O3S. The molecule has 0 spiro atoms. The average Bonchev–Trinajstić information content (AvgIpc) is 3.52. The maximum absolute atomic E-state index is 13.7. The smallest absolute Gasteiger partial charge is 0.248 e. The lowest BCUT2D eigenvalue weighted by Gasteiger charge is -2.33. The first-order valence-corrected chi connectivity index (χ1v) is 12.4. The maximum Gasteiger partial charge on any atom is 0.248 e. The zero-order valence-electron chi connectivity index (χ0n) is 18.5. The van der Waals surface area contributed by atoms with E-state index >= 15 is 0 Å². The van der Waals surface area contributed by atoms with E-state index in [0.29, 0.717) is 22.0 Å². The highest BCUT2D eigenvalue weighted by Crippen LogP contribution is 2.35.